The molecule has 1 unspecified atom stereocenters. The molecule has 0 aliphatic rings. The number of carbonyl (C=O) groups is 2. The van der Waals surface area contributed by atoms with Gasteiger partial charge in [0.05, 0.1) is 6.61 Å². The fourth-order valence-electron chi connectivity index (χ4n) is 8.31. The molecule has 0 aromatic heterocycles. The van der Waals surface area contributed by atoms with E-state index in [-0.39, 0.29) is 18.5 Å². The molecule has 0 fully saturated rings. The number of esters is 2. The summed E-state index contributed by atoms with van der Waals surface area (Å²) >= 11 is 0. The zero-order chi connectivity index (χ0) is 44.9. The quantitative estimate of drug-likeness (QED) is 0.0346. The maximum absolute atomic E-state index is 12.8. The molecule has 0 amide bonds. The van der Waals surface area contributed by atoms with Crippen LogP contribution in [0.5, 0.6) is 0 Å². The lowest BCUT2D eigenvalue weighted by atomic mass is 10.0. The van der Waals surface area contributed by atoms with Gasteiger partial charge in [-0.3, -0.25) is 9.59 Å². The molecule has 0 heterocycles. The van der Waals surface area contributed by atoms with E-state index in [1.54, 1.807) is 0 Å². The van der Waals surface area contributed by atoms with Crippen LogP contribution in [0.15, 0.2) is 24.3 Å². The van der Waals surface area contributed by atoms with Crippen LogP contribution in [0.2, 0.25) is 0 Å². The highest BCUT2D eigenvalue weighted by Crippen LogP contribution is 2.16. The predicted molar refractivity (Wildman–Crippen MR) is 270 cm³/mol. The van der Waals surface area contributed by atoms with Crippen molar-refractivity contribution >= 4 is 11.9 Å². The lowest BCUT2D eigenvalue weighted by Gasteiger charge is -2.18. The van der Waals surface area contributed by atoms with Crippen LogP contribution in [0.25, 0.3) is 0 Å². The number of ether oxygens (including phenoxy) is 3. The maximum atomic E-state index is 12.8. The molecular weight excluding hydrogens is 765 g/mol. The lowest BCUT2D eigenvalue weighted by molar-refractivity contribution is -0.163. The summed E-state index contributed by atoms with van der Waals surface area (Å²) < 4.78 is 17.5. The van der Waals surface area contributed by atoms with Crippen LogP contribution in [0, 0.1) is 0 Å². The minimum atomic E-state index is -0.529. The van der Waals surface area contributed by atoms with Gasteiger partial charge in [-0.2, -0.15) is 0 Å². The van der Waals surface area contributed by atoms with Crippen molar-refractivity contribution in [3.05, 3.63) is 24.3 Å². The summed E-state index contributed by atoms with van der Waals surface area (Å²) in [6, 6.07) is 0. The van der Waals surface area contributed by atoms with E-state index in [0.717, 1.165) is 38.5 Å². The van der Waals surface area contributed by atoms with Crippen molar-refractivity contribution in [3.63, 3.8) is 0 Å². The van der Waals surface area contributed by atoms with Crippen molar-refractivity contribution in [2.24, 2.45) is 0 Å². The molecule has 0 aliphatic carbocycles. The second-order valence-corrected chi connectivity index (χ2v) is 18.9. The molecule has 0 rings (SSSR count). The third kappa shape index (κ3) is 51.0. The number of carbonyl (C=O) groups excluding carboxylic acids is 2. The molecule has 0 radical (unpaired) electrons. The first-order chi connectivity index (χ1) is 30.6. The van der Waals surface area contributed by atoms with E-state index < -0.39 is 6.10 Å². The fraction of sp³-hybridized carbons (Fsp3) is 0.895. The summed E-state index contributed by atoms with van der Waals surface area (Å²) in [5, 5.41) is 0. The molecule has 62 heavy (non-hydrogen) atoms. The smallest absolute Gasteiger partial charge is 0.306 e. The second kappa shape index (κ2) is 53.7. The Labute approximate surface area is 387 Å². The average Bonchev–Trinajstić information content (AvgIpc) is 3.27. The first-order valence-corrected chi connectivity index (χ1v) is 27.9. The van der Waals surface area contributed by atoms with Crippen LogP contribution in [0.3, 0.4) is 0 Å². The van der Waals surface area contributed by atoms with E-state index in [9.17, 15) is 9.59 Å². The minimum Gasteiger partial charge on any atom is -0.462 e. The number of rotatable bonds is 52. The predicted octanol–water partition coefficient (Wildman–Crippen LogP) is 18.8. The molecule has 0 saturated carbocycles. The molecule has 366 valence electrons. The molecule has 0 saturated heterocycles. The Balaban J connectivity index is 4.18. The van der Waals surface area contributed by atoms with Crippen LogP contribution in [-0.4, -0.2) is 37.9 Å². The summed E-state index contributed by atoms with van der Waals surface area (Å²) in [6.07, 6.45) is 63.3. The van der Waals surface area contributed by atoms with Crippen molar-refractivity contribution in [2.45, 2.75) is 309 Å². The van der Waals surface area contributed by atoms with Crippen molar-refractivity contribution in [1.82, 2.24) is 0 Å². The van der Waals surface area contributed by atoms with E-state index in [0.29, 0.717) is 26.1 Å². The van der Waals surface area contributed by atoms with Gasteiger partial charge in [-0.25, -0.2) is 0 Å². The number of hydrogen-bond acceptors (Lipinski definition) is 5. The highest BCUT2D eigenvalue weighted by Gasteiger charge is 2.17. The summed E-state index contributed by atoms with van der Waals surface area (Å²) in [7, 11) is 0. The second-order valence-electron chi connectivity index (χ2n) is 18.9. The summed E-state index contributed by atoms with van der Waals surface area (Å²) in [4.78, 5) is 25.5. The average molecular weight is 873 g/mol. The van der Waals surface area contributed by atoms with E-state index >= 15 is 0 Å². The van der Waals surface area contributed by atoms with Gasteiger partial charge in [0.15, 0.2) is 6.10 Å². The number of unbranched alkanes of at least 4 members (excludes halogenated alkanes) is 37. The summed E-state index contributed by atoms with van der Waals surface area (Å²) in [5.74, 6) is -0.380. The Hall–Kier alpha value is -1.62. The monoisotopic (exact) mass is 873 g/mol. The Kier molecular flexibility index (Phi) is 52.3. The number of hydrogen-bond donors (Lipinski definition) is 0. The van der Waals surface area contributed by atoms with Crippen LogP contribution in [0.4, 0.5) is 0 Å². The Morgan fingerprint density at radius 1 is 0.355 bits per heavy atom. The number of allylic oxidation sites excluding steroid dienone is 4. The Morgan fingerprint density at radius 2 is 0.677 bits per heavy atom. The van der Waals surface area contributed by atoms with Crippen molar-refractivity contribution in [1.29, 1.82) is 0 Å². The van der Waals surface area contributed by atoms with E-state index in [4.69, 9.17) is 14.2 Å². The van der Waals surface area contributed by atoms with Gasteiger partial charge in [-0.05, 0) is 51.4 Å². The molecule has 0 spiro atoms. The largest absolute Gasteiger partial charge is 0.462 e. The molecule has 1 atom stereocenters. The van der Waals surface area contributed by atoms with Gasteiger partial charge in [0.25, 0.3) is 0 Å². The zero-order valence-electron chi connectivity index (χ0n) is 42.2. The van der Waals surface area contributed by atoms with Crippen LogP contribution < -0.4 is 0 Å². The third-order valence-corrected chi connectivity index (χ3v) is 12.5. The normalized spacial score (nSPS) is 12.2. The standard InChI is InChI=1S/C57H108O5/c1-4-7-10-13-16-19-22-25-27-28-29-30-32-33-35-38-41-44-47-50-56(58)61-54-55(53-60-52-49-46-43-40-37-24-21-18-15-12-9-6-3)62-57(59)51-48-45-42-39-36-34-31-26-23-20-17-14-11-8-5-2/h16,19,25,27,55H,4-15,17-18,20-24,26,28-54H2,1-3H3/b19-16-,27-25-. The van der Waals surface area contributed by atoms with Crippen LogP contribution >= 0.6 is 0 Å². The Bertz CT molecular complexity index is 943. The summed E-state index contributed by atoms with van der Waals surface area (Å²) in [6.45, 7) is 7.86. The van der Waals surface area contributed by atoms with Gasteiger partial charge in [0.2, 0.25) is 0 Å². The minimum absolute atomic E-state index is 0.0911. The molecular formula is C57H108O5. The third-order valence-electron chi connectivity index (χ3n) is 12.5. The van der Waals surface area contributed by atoms with Gasteiger partial charge >= 0.3 is 11.9 Å². The molecule has 0 N–H and O–H groups in total. The molecule has 0 bridgehead atoms. The molecule has 5 heteroatoms. The van der Waals surface area contributed by atoms with E-state index in [2.05, 4.69) is 45.1 Å². The molecule has 0 aromatic carbocycles. The highest BCUT2D eigenvalue weighted by molar-refractivity contribution is 5.70. The van der Waals surface area contributed by atoms with Crippen molar-refractivity contribution in [3.8, 4) is 0 Å². The molecule has 0 aliphatic heterocycles. The topological polar surface area (TPSA) is 61.8 Å². The fourth-order valence-corrected chi connectivity index (χ4v) is 8.31. The lowest BCUT2D eigenvalue weighted by Crippen LogP contribution is -2.30. The van der Waals surface area contributed by atoms with Gasteiger partial charge in [0.1, 0.15) is 6.61 Å². The van der Waals surface area contributed by atoms with Crippen LogP contribution in [0.1, 0.15) is 303 Å². The molecule has 0 aromatic rings. The molecule has 5 nitrogen and oxygen atoms in total. The van der Waals surface area contributed by atoms with Crippen molar-refractivity contribution in [2.75, 3.05) is 19.8 Å². The highest BCUT2D eigenvalue weighted by atomic mass is 16.6. The van der Waals surface area contributed by atoms with Gasteiger partial charge in [-0.15, -0.1) is 0 Å². The summed E-state index contributed by atoms with van der Waals surface area (Å²) in [5.41, 5.74) is 0. The SMILES string of the molecule is CCCCC/C=C\C/C=C\CCCCCCCCCCCC(=O)OCC(COCCCCCCCCCCCCCC)OC(=O)CCCCCCCCCCCCCCCCC. The zero-order valence-corrected chi connectivity index (χ0v) is 42.2. The van der Waals surface area contributed by atoms with E-state index in [1.807, 2.05) is 0 Å². The van der Waals surface area contributed by atoms with Gasteiger partial charge in [-0.1, -0.05) is 263 Å². The first-order valence-electron chi connectivity index (χ1n) is 27.9. The maximum Gasteiger partial charge on any atom is 0.306 e. The van der Waals surface area contributed by atoms with Gasteiger partial charge in [0, 0.05) is 19.4 Å². The Morgan fingerprint density at radius 3 is 1.10 bits per heavy atom. The first kappa shape index (κ1) is 60.4. The van der Waals surface area contributed by atoms with Gasteiger partial charge < -0.3 is 14.2 Å². The van der Waals surface area contributed by atoms with Crippen LogP contribution in [-0.2, 0) is 23.8 Å². The van der Waals surface area contributed by atoms with Crippen molar-refractivity contribution < 1.29 is 23.8 Å². The van der Waals surface area contributed by atoms with E-state index in [1.165, 1.54) is 231 Å².